The molecular weight excluding hydrogens is 414 g/mol. The summed E-state index contributed by atoms with van der Waals surface area (Å²) >= 11 is 3.34. The minimum absolute atomic E-state index is 0.0445. The molecule has 6 nitrogen and oxygen atoms in total. The summed E-state index contributed by atoms with van der Waals surface area (Å²) in [6.45, 7) is 2.32. The van der Waals surface area contributed by atoms with Crippen molar-refractivity contribution in [1.29, 1.82) is 0 Å². The molecule has 0 aliphatic carbocycles. The number of halogens is 1. The quantitative estimate of drug-likeness (QED) is 0.554. The van der Waals surface area contributed by atoms with Crippen molar-refractivity contribution in [3.8, 4) is 11.5 Å². The topological polar surface area (TPSA) is 73.9 Å². The molecule has 3 rings (SSSR count). The lowest BCUT2D eigenvalue weighted by Gasteiger charge is -2.11. The third-order valence-corrected chi connectivity index (χ3v) is 4.42. The predicted octanol–water partition coefficient (Wildman–Crippen LogP) is 3.90. The lowest BCUT2D eigenvalue weighted by atomic mass is 10.1. The van der Waals surface area contributed by atoms with Gasteiger partial charge in [0.25, 0.3) is 5.91 Å². The maximum absolute atomic E-state index is 12.6. The molecule has 0 saturated heterocycles. The molecule has 0 unspecified atom stereocenters. The van der Waals surface area contributed by atoms with Crippen LogP contribution >= 0.6 is 15.9 Å². The lowest BCUT2D eigenvalue weighted by Crippen LogP contribution is -2.29. The van der Waals surface area contributed by atoms with Gasteiger partial charge in [0.15, 0.2) is 11.5 Å². The van der Waals surface area contributed by atoms with Crippen molar-refractivity contribution >= 4 is 33.9 Å². The molecule has 1 N–H and O–H groups in total. The first-order valence-corrected chi connectivity index (χ1v) is 9.22. The minimum atomic E-state index is -0.602. The van der Waals surface area contributed by atoms with E-state index in [9.17, 15) is 9.59 Å². The van der Waals surface area contributed by atoms with Crippen LogP contribution in [-0.2, 0) is 9.53 Å². The first-order valence-electron chi connectivity index (χ1n) is 8.43. The molecular formula is C20H18BrNO5. The van der Waals surface area contributed by atoms with Gasteiger partial charge in [-0.15, -0.1) is 0 Å². The number of hydrogen-bond donors (Lipinski definition) is 1. The monoisotopic (exact) mass is 431 g/mol. The summed E-state index contributed by atoms with van der Waals surface area (Å²) in [5.74, 6) is 0.208. The number of amides is 1. The highest BCUT2D eigenvalue weighted by atomic mass is 79.9. The van der Waals surface area contributed by atoms with E-state index < -0.39 is 11.9 Å². The summed E-state index contributed by atoms with van der Waals surface area (Å²) in [7, 11) is 0. The molecule has 27 heavy (non-hydrogen) atoms. The fourth-order valence-electron chi connectivity index (χ4n) is 2.42. The smallest absolute Gasteiger partial charge is 0.354 e. The Morgan fingerprint density at radius 2 is 1.96 bits per heavy atom. The van der Waals surface area contributed by atoms with Gasteiger partial charge in [-0.05, 0) is 58.3 Å². The molecule has 0 aromatic heterocycles. The van der Waals surface area contributed by atoms with Crippen molar-refractivity contribution in [3.05, 3.63) is 63.8 Å². The molecule has 1 aliphatic heterocycles. The molecule has 140 valence electrons. The van der Waals surface area contributed by atoms with E-state index in [1.54, 1.807) is 48.5 Å². The van der Waals surface area contributed by atoms with Crippen LogP contribution in [0.2, 0.25) is 0 Å². The molecule has 1 aliphatic rings. The van der Waals surface area contributed by atoms with Gasteiger partial charge >= 0.3 is 5.97 Å². The Hall–Kier alpha value is -2.80. The van der Waals surface area contributed by atoms with E-state index in [-0.39, 0.29) is 19.1 Å². The van der Waals surface area contributed by atoms with Gasteiger partial charge in [-0.2, -0.15) is 0 Å². The number of ether oxygens (including phenoxy) is 3. The largest absolute Gasteiger partial charge is 0.461 e. The Bertz CT molecular complexity index is 894. The predicted molar refractivity (Wildman–Crippen MR) is 103 cm³/mol. The Morgan fingerprint density at radius 1 is 1.19 bits per heavy atom. The zero-order valence-corrected chi connectivity index (χ0v) is 16.2. The van der Waals surface area contributed by atoms with Crippen molar-refractivity contribution in [2.45, 2.75) is 13.3 Å². The third kappa shape index (κ3) is 4.68. The van der Waals surface area contributed by atoms with E-state index in [0.29, 0.717) is 33.5 Å². The van der Waals surface area contributed by atoms with Gasteiger partial charge in [-0.1, -0.05) is 25.1 Å². The maximum Gasteiger partial charge on any atom is 0.354 e. The van der Waals surface area contributed by atoms with E-state index in [1.165, 1.54) is 0 Å². The van der Waals surface area contributed by atoms with Crippen LogP contribution in [0.15, 0.2) is 52.6 Å². The van der Waals surface area contributed by atoms with Crippen LogP contribution in [0, 0.1) is 0 Å². The number of rotatable bonds is 6. The van der Waals surface area contributed by atoms with E-state index in [0.717, 1.165) is 0 Å². The van der Waals surface area contributed by atoms with Gasteiger partial charge in [-0.25, -0.2) is 4.79 Å². The molecule has 0 fully saturated rings. The van der Waals surface area contributed by atoms with Gasteiger partial charge in [0.05, 0.1) is 12.2 Å². The standard InChI is InChI=1S/C20H18BrNO5/c1-2-9-25-20(24)16(22-19(23)14-5-3-4-6-15(14)21)10-13-7-8-17-18(11-13)27-12-26-17/h3-8,10-11H,2,9,12H2,1H3,(H,22,23)/b16-10-. The number of carbonyl (C=O) groups is 2. The van der Waals surface area contributed by atoms with Crippen molar-refractivity contribution in [2.24, 2.45) is 0 Å². The minimum Gasteiger partial charge on any atom is -0.461 e. The van der Waals surface area contributed by atoms with Gasteiger partial charge in [0, 0.05) is 4.47 Å². The van der Waals surface area contributed by atoms with E-state index >= 15 is 0 Å². The maximum atomic E-state index is 12.6. The highest BCUT2D eigenvalue weighted by Gasteiger charge is 2.18. The van der Waals surface area contributed by atoms with Crippen LogP contribution < -0.4 is 14.8 Å². The first kappa shape index (κ1) is 19.0. The zero-order valence-electron chi connectivity index (χ0n) is 14.7. The molecule has 0 saturated carbocycles. The molecule has 1 heterocycles. The summed E-state index contributed by atoms with van der Waals surface area (Å²) < 4.78 is 16.5. The van der Waals surface area contributed by atoms with Crippen LogP contribution in [-0.4, -0.2) is 25.3 Å². The number of hydrogen-bond acceptors (Lipinski definition) is 5. The van der Waals surface area contributed by atoms with Crippen LogP contribution in [0.25, 0.3) is 6.08 Å². The molecule has 0 radical (unpaired) electrons. The van der Waals surface area contributed by atoms with E-state index in [2.05, 4.69) is 21.2 Å². The molecule has 0 bridgehead atoms. The van der Waals surface area contributed by atoms with Crippen molar-refractivity contribution in [1.82, 2.24) is 5.32 Å². The van der Waals surface area contributed by atoms with E-state index in [1.807, 2.05) is 6.92 Å². The highest BCUT2D eigenvalue weighted by molar-refractivity contribution is 9.10. The molecule has 1 amide bonds. The van der Waals surface area contributed by atoms with Crippen molar-refractivity contribution < 1.29 is 23.8 Å². The molecule has 0 atom stereocenters. The second kappa shape index (κ2) is 8.73. The van der Waals surface area contributed by atoms with Crippen molar-refractivity contribution in [3.63, 3.8) is 0 Å². The second-order valence-electron chi connectivity index (χ2n) is 5.74. The Kier molecular flexibility index (Phi) is 6.13. The van der Waals surface area contributed by atoms with Gasteiger partial charge < -0.3 is 19.5 Å². The Labute approximate surface area is 165 Å². The summed E-state index contributed by atoms with van der Waals surface area (Å²) in [4.78, 5) is 25.0. The van der Waals surface area contributed by atoms with Crippen LogP contribution in [0.5, 0.6) is 11.5 Å². The molecule has 0 spiro atoms. The number of fused-ring (bicyclic) bond motifs is 1. The van der Waals surface area contributed by atoms with Gasteiger partial charge in [-0.3, -0.25) is 4.79 Å². The summed E-state index contributed by atoms with van der Waals surface area (Å²) in [5.41, 5.74) is 1.13. The van der Waals surface area contributed by atoms with Crippen LogP contribution in [0.4, 0.5) is 0 Å². The Balaban J connectivity index is 1.87. The fraction of sp³-hybridized carbons (Fsp3) is 0.200. The highest BCUT2D eigenvalue weighted by Crippen LogP contribution is 2.33. The van der Waals surface area contributed by atoms with Crippen molar-refractivity contribution in [2.75, 3.05) is 13.4 Å². The molecule has 7 heteroatoms. The van der Waals surface area contributed by atoms with Gasteiger partial charge in [0.1, 0.15) is 5.70 Å². The first-order chi connectivity index (χ1) is 13.1. The SMILES string of the molecule is CCCOC(=O)/C(=C/c1ccc2c(c1)OCO2)NC(=O)c1ccccc1Br. The summed E-state index contributed by atoms with van der Waals surface area (Å²) in [5, 5.41) is 2.64. The molecule has 2 aromatic rings. The van der Waals surface area contributed by atoms with Gasteiger partial charge in [0.2, 0.25) is 6.79 Å². The zero-order chi connectivity index (χ0) is 19.2. The second-order valence-corrected chi connectivity index (χ2v) is 6.59. The Morgan fingerprint density at radius 3 is 2.74 bits per heavy atom. The lowest BCUT2D eigenvalue weighted by molar-refractivity contribution is -0.139. The third-order valence-electron chi connectivity index (χ3n) is 3.73. The number of benzene rings is 2. The average molecular weight is 432 g/mol. The number of esters is 1. The summed E-state index contributed by atoms with van der Waals surface area (Å²) in [6.07, 6.45) is 2.23. The number of carbonyl (C=O) groups excluding carboxylic acids is 2. The van der Waals surface area contributed by atoms with E-state index in [4.69, 9.17) is 14.2 Å². The molecule has 2 aromatic carbocycles. The number of nitrogens with one attached hydrogen (secondary N) is 1. The average Bonchev–Trinajstić information content (AvgIpc) is 3.13. The van der Waals surface area contributed by atoms with Crippen LogP contribution in [0.1, 0.15) is 29.3 Å². The normalized spacial score (nSPS) is 12.6. The van der Waals surface area contributed by atoms with Crippen LogP contribution in [0.3, 0.4) is 0 Å². The fourth-order valence-corrected chi connectivity index (χ4v) is 2.89. The summed E-state index contributed by atoms with van der Waals surface area (Å²) in [6, 6.07) is 12.2.